The molecule has 1 N–H and O–H groups in total. The van der Waals surface area contributed by atoms with E-state index in [-0.39, 0.29) is 24.4 Å². The van der Waals surface area contributed by atoms with E-state index in [1.165, 1.54) is 4.90 Å². The summed E-state index contributed by atoms with van der Waals surface area (Å²) in [5.41, 5.74) is 0.997. The number of hydrogen-bond acceptors (Lipinski definition) is 3. The fraction of sp³-hybridized carbons (Fsp3) is 0.353. The van der Waals surface area contributed by atoms with Crippen molar-refractivity contribution in [3.63, 3.8) is 0 Å². The van der Waals surface area contributed by atoms with Gasteiger partial charge in [-0.1, -0.05) is 28.1 Å². The van der Waals surface area contributed by atoms with E-state index >= 15 is 0 Å². The predicted octanol–water partition coefficient (Wildman–Crippen LogP) is 2.54. The van der Waals surface area contributed by atoms with Gasteiger partial charge in [0.2, 0.25) is 11.8 Å². The van der Waals surface area contributed by atoms with Gasteiger partial charge in [-0.2, -0.15) is 5.10 Å². The van der Waals surface area contributed by atoms with Gasteiger partial charge in [0.05, 0.1) is 12.6 Å². The smallest absolute Gasteiger partial charge is 0.247 e. The number of halogens is 1. The van der Waals surface area contributed by atoms with Gasteiger partial charge in [-0.3, -0.25) is 14.3 Å². The average molecular weight is 393 g/mol. The summed E-state index contributed by atoms with van der Waals surface area (Å²) in [4.78, 5) is 26.0. The molecule has 0 bridgehead atoms. The molecule has 2 unspecified atom stereocenters. The molecule has 0 aliphatic carbocycles. The summed E-state index contributed by atoms with van der Waals surface area (Å²) in [5.74, 6) is -0.366. The molecule has 0 aliphatic rings. The second kappa shape index (κ2) is 8.10. The predicted molar refractivity (Wildman–Crippen MR) is 95.3 cm³/mol. The Kier molecular flexibility index (Phi) is 6.14. The van der Waals surface area contributed by atoms with Gasteiger partial charge in [0.1, 0.15) is 6.04 Å². The molecule has 2 atom stereocenters. The van der Waals surface area contributed by atoms with E-state index in [4.69, 9.17) is 0 Å². The first-order chi connectivity index (χ1) is 11.4. The maximum atomic E-state index is 12.4. The van der Waals surface area contributed by atoms with Crippen molar-refractivity contribution in [2.45, 2.75) is 25.9 Å². The minimum atomic E-state index is -0.444. The molecular formula is C17H21BrN4O2. The molecule has 0 saturated carbocycles. The Balaban J connectivity index is 1.90. The van der Waals surface area contributed by atoms with Crippen molar-refractivity contribution in [3.05, 3.63) is 52.8 Å². The SMILES string of the molecule is CC(NC(=O)CN(C)C(=O)C(C)n1cccn1)c1cccc(Br)c1. The van der Waals surface area contributed by atoms with E-state index in [1.807, 2.05) is 31.2 Å². The van der Waals surface area contributed by atoms with Crippen LogP contribution in [0.15, 0.2) is 47.2 Å². The van der Waals surface area contributed by atoms with Crippen molar-refractivity contribution < 1.29 is 9.59 Å². The van der Waals surface area contributed by atoms with Crippen LogP contribution in [0.1, 0.15) is 31.5 Å². The number of nitrogens with zero attached hydrogens (tertiary/aromatic N) is 3. The van der Waals surface area contributed by atoms with Crippen molar-refractivity contribution >= 4 is 27.7 Å². The molecule has 0 saturated heterocycles. The lowest BCUT2D eigenvalue weighted by atomic mass is 10.1. The lowest BCUT2D eigenvalue weighted by Crippen LogP contribution is -2.41. The van der Waals surface area contributed by atoms with E-state index in [2.05, 4.69) is 26.3 Å². The van der Waals surface area contributed by atoms with E-state index in [0.717, 1.165) is 10.0 Å². The molecule has 6 nitrogen and oxygen atoms in total. The molecule has 0 fully saturated rings. The summed E-state index contributed by atoms with van der Waals surface area (Å²) in [7, 11) is 1.62. The van der Waals surface area contributed by atoms with E-state index < -0.39 is 6.04 Å². The Hall–Kier alpha value is -2.15. The van der Waals surface area contributed by atoms with Crippen LogP contribution >= 0.6 is 15.9 Å². The highest BCUT2D eigenvalue weighted by Gasteiger charge is 2.21. The third kappa shape index (κ3) is 4.67. The van der Waals surface area contributed by atoms with E-state index in [9.17, 15) is 9.59 Å². The molecule has 0 aliphatic heterocycles. The third-order valence-corrected chi connectivity index (χ3v) is 4.26. The number of likely N-dealkylation sites (N-methyl/N-ethyl adjacent to an activating group) is 1. The normalized spacial score (nSPS) is 13.2. The van der Waals surface area contributed by atoms with Crippen LogP contribution in [0.5, 0.6) is 0 Å². The van der Waals surface area contributed by atoms with Gasteiger partial charge >= 0.3 is 0 Å². The number of nitrogens with one attached hydrogen (secondary N) is 1. The first kappa shape index (κ1) is 18.2. The summed E-state index contributed by atoms with van der Waals surface area (Å²) in [6.45, 7) is 3.67. The van der Waals surface area contributed by atoms with Gasteiger partial charge in [0.15, 0.2) is 0 Å². The van der Waals surface area contributed by atoms with Gasteiger partial charge < -0.3 is 10.2 Å². The quantitative estimate of drug-likeness (QED) is 0.820. The molecule has 2 aromatic rings. The van der Waals surface area contributed by atoms with Crippen molar-refractivity contribution in [2.75, 3.05) is 13.6 Å². The largest absolute Gasteiger partial charge is 0.348 e. The number of rotatable bonds is 6. The zero-order valence-electron chi connectivity index (χ0n) is 13.9. The summed E-state index contributed by atoms with van der Waals surface area (Å²) in [6, 6.07) is 8.94. The highest BCUT2D eigenvalue weighted by atomic mass is 79.9. The van der Waals surface area contributed by atoms with Crippen LogP contribution in [-0.2, 0) is 9.59 Å². The minimum absolute atomic E-state index is 0.00276. The van der Waals surface area contributed by atoms with Crippen LogP contribution in [0.2, 0.25) is 0 Å². The maximum Gasteiger partial charge on any atom is 0.247 e. The fourth-order valence-corrected chi connectivity index (χ4v) is 2.80. The van der Waals surface area contributed by atoms with Gasteiger partial charge in [0.25, 0.3) is 0 Å². The number of carbonyl (C=O) groups excluding carboxylic acids is 2. The molecule has 0 radical (unpaired) electrons. The molecular weight excluding hydrogens is 372 g/mol. The van der Waals surface area contributed by atoms with Crippen LogP contribution in [0.4, 0.5) is 0 Å². The monoisotopic (exact) mass is 392 g/mol. The molecule has 1 aromatic carbocycles. The summed E-state index contributed by atoms with van der Waals surface area (Å²) >= 11 is 3.42. The average Bonchev–Trinajstić information content (AvgIpc) is 3.07. The Morgan fingerprint density at radius 2 is 2.08 bits per heavy atom. The van der Waals surface area contributed by atoms with Gasteiger partial charge in [-0.05, 0) is 37.6 Å². The molecule has 7 heteroatoms. The molecule has 1 heterocycles. The highest BCUT2D eigenvalue weighted by Crippen LogP contribution is 2.17. The van der Waals surface area contributed by atoms with Crippen molar-refractivity contribution in [3.8, 4) is 0 Å². The molecule has 128 valence electrons. The Morgan fingerprint density at radius 3 is 2.71 bits per heavy atom. The van der Waals surface area contributed by atoms with Gasteiger partial charge in [0, 0.05) is 23.9 Å². The number of carbonyl (C=O) groups is 2. The molecule has 2 rings (SSSR count). The lowest BCUT2D eigenvalue weighted by Gasteiger charge is -2.22. The zero-order valence-corrected chi connectivity index (χ0v) is 15.5. The first-order valence-electron chi connectivity index (χ1n) is 7.67. The number of hydrogen-bond donors (Lipinski definition) is 1. The van der Waals surface area contributed by atoms with Crippen LogP contribution in [0, 0.1) is 0 Å². The van der Waals surface area contributed by atoms with Crippen LogP contribution in [-0.4, -0.2) is 40.1 Å². The van der Waals surface area contributed by atoms with Crippen molar-refractivity contribution in [2.24, 2.45) is 0 Å². The lowest BCUT2D eigenvalue weighted by molar-refractivity contribution is -0.137. The second-order valence-corrected chi connectivity index (χ2v) is 6.62. The Labute approximate surface area is 150 Å². The molecule has 2 amide bonds. The van der Waals surface area contributed by atoms with Crippen LogP contribution in [0.3, 0.4) is 0 Å². The van der Waals surface area contributed by atoms with Gasteiger partial charge in [-0.15, -0.1) is 0 Å². The molecule has 24 heavy (non-hydrogen) atoms. The van der Waals surface area contributed by atoms with E-state index in [1.54, 1.807) is 37.1 Å². The summed E-state index contributed by atoms with van der Waals surface area (Å²) in [6.07, 6.45) is 3.35. The highest BCUT2D eigenvalue weighted by molar-refractivity contribution is 9.10. The minimum Gasteiger partial charge on any atom is -0.348 e. The zero-order chi connectivity index (χ0) is 17.7. The van der Waals surface area contributed by atoms with E-state index in [0.29, 0.717) is 0 Å². The Morgan fingerprint density at radius 1 is 1.33 bits per heavy atom. The number of aromatic nitrogens is 2. The van der Waals surface area contributed by atoms with Crippen LogP contribution < -0.4 is 5.32 Å². The third-order valence-electron chi connectivity index (χ3n) is 3.76. The summed E-state index contributed by atoms with van der Waals surface area (Å²) < 4.78 is 2.53. The van der Waals surface area contributed by atoms with Crippen molar-refractivity contribution in [1.29, 1.82) is 0 Å². The van der Waals surface area contributed by atoms with Crippen molar-refractivity contribution in [1.82, 2.24) is 20.0 Å². The summed E-state index contributed by atoms with van der Waals surface area (Å²) in [5, 5.41) is 6.97. The van der Waals surface area contributed by atoms with Crippen LogP contribution in [0.25, 0.3) is 0 Å². The molecule has 0 spiro atoms. The number of benzene rings is 1. The topological polar surface area (TPSA) is 67.2 Å². The maximum absolute atomic E-state index is 12.4. The standard InChI is InChI=1S/C17H21BrN4O2/c1-12(14-6-4-7-15(18)10-14)20-16(23)11-21(3)17(24)13(2)22-9-5-8-19-22/h4-10,12-13H,11H2,1-3H3,(H,20,23). The molecule has 1 aromatic heterocycles. The van der Waals surface area contributed by atoms with Gasteiger partial charge in [-0.25, -0.2) is 0 Å². The fourth-order valence-electron chi connectivity index (χ4n) is 2.38. The number of amides is 2. The Bertz CT molecular complexity index is 702. The second-order valence-electron chi connectivity index (χ2n) is 5.70. The first-order valence-corrected chi connectivity index (χ1v) is 8.46.